The fourth-order valence-corrected chi connectivity index (χ4v) is 3.44. The number of aryl methyl sites for hydroxylation is 1. The van der Waals surface area contributed by atoms with E-state index >= 15 is 0 Å². The van der Waals surface area contributed by atoms with Crippen molar-refractivity contribution in [3.63, 3.8) is 0 Å². The first-order chi connectivity index (χ1) is 10.3. The van der Waals surface area contributed by atoms with E-state index in [1.54, 1.807) is 6.07 Å². The summed E-state index contributed by atoms with van der Waals surface area (Å²) in [4.78, 5) is 4.74. The molecule has 2 fully saturated rings. The zero-order chi connectivity index (χ0) is 14.7. The van der Waals surface area contributed by atoms with Gasteiger partial charge in [-0.1, -0.05) is 13.0 Å². The van der Waals surface area contributed by atoms with Crippen LogP contribution in [0.25, 0.3) is 0 Å². The van der Waals surface area contributed by atoms with Crippen LogP contribution in [0.5, 0.6) is 0 Å². The molecule has 0 aromatic heterocycles. The molecule has 0 N–H and O–H groups in total. The minimum atomic E-state index is -0.0702. The van der Waals surface area contributed by atoms with Gasteiger partial charge < -0.3 is 9.64 Å². The highest BCUT2D eigenvalue weighted by Gasteiger charge is 2.26. The van der Waals surface area contributed by atoms with Crippen LogP contribution < -0.4 is 4.90 Å². The van der Waals surface area contributed by atoms with E-state index in [2.05, 4.69) is 16.7 Å². The van der Waals surface area contributed by atoms with Gasteiger partial charge in [0.1, 0.15) is 5.82 Å². The van der Waals surface area contributed by atoms with E-state index in [9.17, 15) is 4.39 Å². The van der Waals surface area contributed by atoms with Crippen LogP contribution in [0.3, 0.4) is 0 Å². The van der Waals surface area contributed by atoms with Crippen LogP contribution in [0, 0.1) is 5.82 Å². The summed E-state index contributed by atoms with van der Waals surface area (Å²) in [5.74, 6) is -0.0702. The topological polar surface area (TPSA) is 15.7 Å². The van der Waals surface area contributed by atoms with Crippen LogP contribution in [0.4, 0.5) is 10.1 Å². The highest BCUT2D eigenvalue weighted by atomic mass is 19.1. The lowest BCUT2D eigenvalue weighted by Gasteiger charge is -2.40. The third-order valence-electron chi connectivity index (χ3n) is 4.79. The molecule has 0 saturated carbocycles. The maximum Gasteiger partial charge on any atom is 0.146 e. The SMILES string of the molecule is CCc1ccc(N2CCC(N3CCOCC3)CC2)c(F)c1. The Labute approximate surface area is 126 Å². The van der Waals surface area contributed by atoms with Gasteiger partial charge in [-0.15, -0.1) is 0 Å². The number of halogens is 1. The van der Waals surface area contributed by atoms with Gasteiger partial charge in [0.05, 0.1) is 18.9 Å². The van der Waals surface area contributed by atoms with Gasteiger partial charge in [0.15, 0.2) is 0 Å². The number of benzene rings is 1. The van der Waals surface area contributed by atoms with Gasteiger partial charge in [-0.25, -0.2) is 4.39 Å². The number of piperidine rings is 1. The normalized spacial score (nSPS) is 21.7. The Hall–Kier alpha value is -1.13. The van der Waals surface area contributed by atoms with Crippen molar-refractivity contribution in [1.82, 2.24) is 4.90 Å². The molecule has 2 aliphatic heterocycles. The van der Waals surface area contributed by atoms with E-state index in [1.807, 2.05) is 12.1 Å². The average molecular weight is 292 g/mol. The third-order valence-corrected chi connectivity index (χ3v) is 4.79. The Morgan fingerprint density at radius 1 is 1.14 bits per heavy atom. The molecule has 3 nitrogen and oxygen atoms in total. The number of hydrogen-bond acceptors (Lipinski definition) is 3. The standard InChI is InChI=1S/C17H25FN2O/c1-2-14-3-4-17(16(18)13-14)20-7-5-15(6-8-20)19-9-11-21-12-10-19/h3-4,13,15H,2,5-12H2,1H3. The molecule has 116 valence electrons. The van der Waals surface area contributed by atoms with E-state index in [0.717, 1.165) is 69.9 Å². The van der Waals surface area contributed by atoms with Crippen LogP contribution in [0.2, 0.25) is 0 Å². The van der Waals surface area contributed by atoms with Crippen molar-refractivity contribution in [1.29, 1.82) is 0 Å². The lowest BCUT2D eigenvalue weighted by Crippen LogP contribution is -2.49. The van der Waals surface area contributed by atoms with E-state index in [4.69, 9.17) is 4.74 Å². The van der Waals surface area contributed by atoms with Crippen LogP contribution >= 0.6 is 0 Å². The minimum absolute atomic E-state index is 0.0702. The van der Waals surface area contributed by atoms with Gasteiger partial charge in [-0.2, -0.15) is 0 Å². The lowest BCUT2D eigenvalue weighted by atomic mass is 10.0. The number of anilines is 1. The highest BCUT2D eigenvalue weighted by molar-refractivity contribution is 5.49. The number of morpholine rings is 1. The van der Waals surface area contributed by atoms with Crippen molar-refractivity contribution in [2.45, 2.75) is 32.2 Å². The maximum atomic E-state index is 14.2. The number of rotatable bonds is 3. The average Bonchev–Trinajstić information content (AvgIpc) is 2.56. The molecule has 0 unspecified atom stereocenters. The molecule has 21 heavy (non-hydrogen) atoms. The summed E-state index contributed by atoms with van der Waals surface area (Å²) >= 11 is 0. The van der Waals surface area contributed by atoms with Gasteiger partial charge in [0, 0.05) is 32.2 Å². The molecule has 3 rings (SSSR count). The van der Waals surface area contributed by atoms with Crippen LogP contribution in [0.15, 0.2) is 18.2 Å². The molecule has 0 bridgehead atoms. The fraction of sp³-hybridized carbons (Fsp3) is 0.647. The van der Waals surface area contributed by atoms with Crippen molar-refractivity contribution < 1.29 is 9.13 Å². The van der Waals surface area contributed by atoms with Crippen LogP contribution in [-0.2, 0) is 11.2 Å². The minimum Gasteiger partial charge on any atom is -0.379 e. The predicted molar refractivity (Wildman–Crippen MR) is 83.4 cm³/mol. The van der Waals surface area contributed by atoms with Gasteiger partial charge >= 0.3 is 0 Å². The number of ether oxygens (including phenoxy) is 1. The highest BCUT2D eigenvalue weighted by Crippen LogP contribution is 2.26. The summed E-state index contributed by atoms with van der Waals surface area (Å²) in [7, 11) is 0. The second-order valence-electron chi connectivity index (χ2n) is 6.01. The van der Waals surface area contributed by atoms with Crippen molar-refractivity contribution in [2.75, 3.05) is 44.3 Å². The quantitative estimate of drug-likeness (QED) is 0.852. The summed E-state index contributed by atoms with van der Waals surface area (Å²) < 4.78 is 19.6. The summed E-state index contributed by atoms with van der Waals surface area (Å²) in [6.07, 6.45) is 3.13. The Balaban J connectivity index is 1.60. The molecule has 4 heteroatoms. The summed E-state index contributed by atoms with van der Waals surface area (Å²) in [6.45, 7) is 7.76. The largest absolute Gasteiger partial charge is 0.379 e. The molecule has 2 saturated heterocycles. The Bertz CT molecular complexity index is 466. The van der Waals surface area contributed by atoms with E-state index in [-0.39, 0.29) is 5.82 Å². The molecule has 0 radical (unpaired) electrons. The molecule has 0 atom stereocenters. The van der Waals surface area contributed by atoms with Crippen LogP contribution in [-0.4, -0.2) is 50.3 Å². The Morgan fingerprint density at radius 2 is 1.86 bits per heavy atom. The first-order valence-corrected chi connectivity index (χ1v) is 8.13. The molecule has 0 aliphatic carbocycles. The number of nitrogens with zero attached hydrogens (tertiary/aromatic N) is 2. The molecular formula is C17H25FN2O. The molecular weight excluding hydrogens is 267 g/mol. The molecule has 1 aromatic carbocycles. The Kier molecular flexibility index (Phi) is 4.76. The number of hydrogen-bond donors (Lipinski definition) is 0. The predicted octanol–water partition coefficient (Wildman–Crippen LogP) is 2.69. The van der Waals surface area contributed by atoms with Crippen molar-refractivity contribution in [3.05, 3.63) is 29.6 Å². The summed E-state index contributed by atoms with van der Waals surface area (Å²) in [6, 6.07) is 6.32. The summed E-state index contributed by atoms with van der Waals surface area (Å²) in [5, 5.41) is 0. The zero-order valence-corrected chi connectivity index (χ0v) is 12.9. The lowest BCUT2D eigenvalue weighted by molar-refractivity contribution is 0.0115. The molecule has 1 aromatic rings. The van der Waals surface area contributed by atoms with Gasteiger partial charge in [-0.05, 0) is 37.0 Å². The first kappa shape index (κ1) is 14.8. The van der Waals surface area contributed by atoms with Crippen molar-refractivity contribution >= 4 is 5.69 Å². The van der Waals surface area contributed by atoms with Crippen molar-refractivity contribution in [3.8, 4) is 0 Å². The molecule has 0 amide bonds. The zero-order valence-electron chi connectivity index (χ0n) is 12.9. The van der Waals surface area contributed by atoms with E-state index in [1.165, 1.54) is 0 Å². The molecule has 0 spiro atoms. The second kappa shape index (κ2) is 6.75. The van der Waals surface area contributed by atoms with Gasteiger partial charge in [0.25, 0.3) is 0 Å². The Morgan fingerprint density at radius 3 is 2.48 bits per heavy atom. The first-order valence-electron chi connectivity index (χ1n) is 8.13. The third kappa shape index (κ3) is 3.38. The fourth-order valence-electron chi connectivity index (χ4n) is 3.44. The summed E-state index contributed by atoms with van der Waals surface area (Å²) in [5.41, 5.74) is 1.84. The smallest absolute Gasteiger partial charge is 0.146 e. The van der Waals surface area contributed by atoms with E-state index < -0.39 is 0 Å². The van der Waals surface area contributed by atoms with Crippen LogP contribution in [0.1, 0.15) is 25.3 Å². The van der Waals surface area contributed by atoms with E-state index in [0.29, 0.717) is 6.04 Å². The van der Waals surface area contributed by atoms with Gasteiger partial charge in [-0.3, -0.25) is 4.90 Å². The molecule has 2 aliphatic rings. The molecule has 2 heterocycles. The second-order valence-corrected chi connectivity index (χ2v) is 6.01. The van der Waals surface area contributed by atoms with Crippen molar-refractivity contribution in [2.24, 2.45) is 0 Å². The maximum absolute atomic E-state index is 14.2. The van der Waals surface area contributed by atoms with Gasteiger partial charge in [0.2, 0.25) is 0 Å². The monoisotopic (exact) mass is 292 g/mol.